The molecule has 266 valence electrons. The van der Waals surface area contributed by atoms with E-state index in [9.17, 15) is 0 Å². The number of aryl methyl sites for hydroxylation is 2. The Kier molecular flexibility index (Phi) is 9.54. The lowest BCUT2D eigenvalue weighted by Crippen LogP contribution is -1.93. The summed E-state index contributed by atoms with van der Waals surface area (Å²) in [4.78, 5) is 0. The number of hydrogen-bond acceptors (Lipinski definition) is 0. The van der Waals surface area contributed by atoms with Gasteiger partial charge in [-0.25, -0.2) is 0 Å². The minimum atomic E-state index is 1.17. The van der Waals surface area contributed by atoms with Crippen molar-refractivity contribution in [2.75, 3.05) is 0 Å². The van der Waals surface area contributed by atoms with Crippen molar-refractivity contribution in [3.8, 4) is 22.3 Å². The summed E-state index contributed by atoms with van der Waals surface area (Å²) in [5.41, 5.74) is 17.0. The van der Waals surface area contributed by atoms with E-state index in [2.05, 4.69) is 232 Å². The predicted molar refractivity (Wildman–Crippen MR) is 242 cm³/mol. The van der Waals surface area contributed by atoms with Crippen LogP contribution in [0.15, 0.2) is 206 Å². The SMILES string of the molecule is Cc1ccc2c(-c3cccc(C=C(c4ccccc4)c4ccccc4)c3)c3cc(C)ccc3c(-c3cccc(C=C(c4ccccc4)c4ccccc4)c3)c2c1. The molecule has 0 unspecified atom stereocenters. The van der Waals surface area contributed by atoms with Gasteiger partial charge in [-0.1, -0.05) is 205 Å². The third-order valence-electron chi connectivity index (χ3n) is 10.7. The van der Waals surface area contributed by atoms with Crippen LogP contribution in [-0.4, -0.2) is 0 Å². The third-order valence-corrected chi connectivity index (χ3v) is 10.7. The van der Waals surface area contributed by atoms with Gasteiger partial charge >= 0.3 is 0 Å². The lowest BCUT2D eigenvalue weighted by Gasteiger charge is -2.19. The summed E-state index contributed by atoms with van der Waals surface area (Å²) in [6, 6.07) is 74.9. The first-order chi connectivity index (χ1) is 27.6. The Hall–Kier alpha value is -7.02. The van der Waals surface area contributed by atoms with Crippen molar-refractivity contribution in [1.82, 2.24) is 0 Å². The Morgan fingerprint density at radius 3 is 0.982 bits per heavy atom. The lowest BCUT2D eigenvalue weighted by atomic mass is 9.84. The van der Waals surface area contributed by atoms with Gasteiger partial charge in [0.15, 0.2) is 0 Å². The molecule has 0 heterocycles. The average molecular weight is 715 g/mol. The molecule has 0 heteroatoms. The summed E-state index contributed by atoms with van der Waals surface area (Å²) in [5.74, 6) is 0. The Balaban J connectivity index is 1.24. The van der Waals surface area contributed by atoms with Gasteiger partial charge in [-0.05, 0) is 126 Å². The summed E-state index contributed by atoms with van der Waals surface area (Å²) < 4.78 is 0. The molecule has 0 saturated carbocycles. The molecule has 0 atom stereocenters. The lowest BCUT2D eigenvalue weighted by molar-refractivity contribution is 1.49. The number of rotatable bonds is 8. The first-order valence-electron chi connectivity index (χ1n) is 19.4. The minimum absolute atomic E-state index is 1.17. The minimum Gasteiger partial charge on any atom is -0.0622 e. The van der Waals surface area contributed by atoms with Crippen LogP contribution >= 0.6 is 0 Å². The van der Waals surface area contributed by atoms with Gasteiger partial charge < -0.3 is 0 Å². The van der Waals surface area contributed by atoms with Crippen LogP contribution in [0.5, 0.6) is 0 Å². The van der Waals surface area contributed by atoms with Gasteiger partial charge in [0.05, 0.1) is 0 Å². The molecule has 0 aliphatic carbocycles. The van der Waals surface area contributed by atoms with Gasteiger partial charge in [0.2, 0.25) is 0 Å². The molecule has 0 aromatic heterocycles. The van der Waals surface area contributed by atoms with Gasteiger partial charge in [-0.2, -0.15) is 0 Å². The number of fused-ring (bicyclic) bond motifs is 2. The summed E-state index contributed by atoms with van der Waals surface area (Å²) in [5, 5.41) is 5.04. The van der Waals surface area contributed by atoms with Gasteiger partial charge in [0, 0.05) is 0 Å². The molecule has 9 rings (SSSR count). The zero-order chi connectivity index (χ0) is 37.8. The zero-order valence-electron chi connectivity index (χ0n) is 31.8. The Bertz CT molecular complexity index is 2590. The predicted octanol–water partition coefficient (Wildman–Crippen LogP) is 15.1. The van der Waals surface area contributed by atoms with Crippen LogP contribution in [0.4, 0.5) is 0 Å². The molecular weight excluding hydrogens is 673 g/mol. The number of benzene rings is 9. The van der Waals surface area contributed by atoms with Crippen LogP contribution in [-0.2, 0) is 0 Å². The fourth-order valence-electron chi connectivity index (χ4n) is 8.12. The molecule has 56 heavy (non-hydrogen) atoms. The monoisotopic (exact) mass is 714 g/mol. The Labute approximate surface area is 330 Å². The van der Waals surface area contributed by atoms with Gasteiger partial charge in [0.25, 0.3) is 0 Å². The highest BCUT2D eigenvalue weighted by Crippen LogP contribution is 2.45. The van der Waals surface area contributed by atoms with E-state index < -0.39 is 0 Å². The summed E-state index contributed by atoms with van der Waals surface area (Å²) >= 11 is 0. The fraction of sp³-hybridized carbons (Fsp3) is 0.0357. The highest BCUT2D eigenvalue weighted by molar-refractivity contribution is 6.21. The topological polar surface area (TPSA) is 0 Å². The van der Waals surface area contributed by atoms with Crippen molar-refractivity contribution < 1.29 is 0 Å². The molecule has 0 spiro atoms. The van der Waals surface area contributed by atoms with E-state index in [-0.39, 0.29) is 0 Å². The highest BCUT2D eigenvalue weighted by Gasteiger charge is 2.18. The Morgan fingerprint density at radius 1 is 0.304 bits per heavy atom. The van der Waals surface area contributed by atoms with Gasteiger partial charge in [-0.15, -0.1) is 0 Å². The standard InChI is InChI=1S/C56H42/c1-39-29-31-49-53(33-39)55(47-27-15-17-41(35-47)37-51(43-19-7-3-8-20-43)44-21-9-4-10-22-44)50-32-30-40(2)34-54(50)56(49)48-28-16-18-42(36-48)38-52(45-23-11-5-12-24-45)46-25-13-6-14-26-46/h3-38H,1-2H3. The van der Waals surface area contributed by atoms with Crippen LogP contribution in [0, 0.1) is 13.8 Å². The fourth-order valence-corrected chi connectivity index (χ4v) is 8.12. The second-order valence-corrected chi connectivity index (χ2v) is 14.7. The third kappa shape index (κ3) is 7.02. The smallest absolute Gasteiger partial charge is 0.00261 e. The van der Waals surface area contributed by atoms with Crippen molar-refractivity contribution in [2.24, 2.45) is 0 Å². The molecule has 0 nitrogen and oxygen atoms in total. The molecule has 0 radical (unpaired) electrons. The molecule has 0 fully saturated rings. The van der Waals surface area contributed by atoms with E-state index in [4.69, 9.17) is 0 Å². The van der Waals surface area contributed by atoms with Crippen LogP contribution < -0.4 is 0 Å². The van der Waals surface area contributed by atoms with Crippen molar-refractivity contribution in [2.45, 2.75) is 13.8 Å². The van der Waals surface area contributed by atoms with E-state index in [1.165, 1.54) is 99.5 Å². The molecular formula is C56H42. The van der Waals surface area contributed by atoms with Crippen LogP contribution in [0.3, 0.4) is 0 Å². The molecule has 0 saturated heterocycles. The van der Waals surface area contributed by atoms with Gasteiger partial charge in [-0.3, -0.25) is 0 Å². The zero-order valence-corrected chi connectivity index (χ0v) is 31.8. The molecule has 0 bridgehead atoms. The van der Waals surface area contributed by atoms with Crippen molar-refractivity contribution >= 4 is 44.8 Å². The normalized spacial score (nSPS) is 11.0. The Morgan fingerprint density at radius 2 is 0.643 bits per heavy atom. The molecule has 0 amide bonds. The molecule has 9 aromatic rings. The van der Waals surface area contributed by atoms with Crippen LogP contribution in [0.25, 0.3) is 67.1 Å². The summed E-state index contributed by atoms with van der Waals surface area (Å²) in [6.07, 6.45) is 4.67. The van der Waals surface area contributed by atoms with E-state index in [1.807, 2.05) is 0 Å². The highest BCUT2D eigenvalue weighted by atomic mass is 14.2. The van der Waals surface area contributed by atoms with E-state index >= 15 is 0 Å². The second-order valence-electron chi connectivity index (χ2n) is 14.7. The maximum atomic E-state index is 2.38. The molecule has 0 aliphatic rings. The van der Waals surface area contributed by atoms with E-state index in [1.54, 1.807) is 0 Å². The summed E-state index contributed by atoms with van der Waals surface area (Å²) in [7, 11) is 0. The van der Waals surface area contributed by atoms with Gasteiger partial charge in [0.1, 0.15) is 0 Å². The van der Waals surface area contributed by atoms with Crippen LogP contribution in [0.1, 0.15) is 44.5 Å². The maximum absolute atomic E-state index is 2.38. The van der Waals surface area contributed by atoms with Crippen LogP contribution in [0.2, 0.25) is 0 Å². The van der Waals surface area contributed by atoms with E-state index in [0.29, 0.717) is 0 Å². The maximum Gasteiger partial charge on any atom is -0.00261 e. The first kappa shape index (κ1) is 34.7. The number of hydrogen-bond donors (Lipinski definition) is 0. The largest absolute Gasteiger partial charge is 0.0622 e. The first-order valence-corrected chi connectivity index (χ1v) is 19.4. The summed E-state index contributed by atoms with van der Waals surface area (Å²) in [6.45, 7) is 4.40. The average Bonchev–Trinajstić information content (AvgIpc) is 3.25. The van der Waals surface area contributed by atoms with Crippen molar-refractivity contribution in [1.29, 1.82) is 0 Å². The van der Waals surface area contributed by atoms with E-state index in [0.717, 1.165) is 0 Å². The molecule has 0 aliphatic heterocycles. The second kappa shape index (κ2) is 15.4. The van der Waals surface area contributed by atoms with Crippen molar-refractivity contribution in [3.63, 3.8) is 0 Å². The molecule has 9 aromatic carbocycles. The quantitative estimate of drug-likeness (QED) is 0.109. The van der Waals surface area contributed by atoms with Crippen molar-refractivity contribution in [3.05, 3.63) is 251 Å². The molecule has 0 N–H and O–H groups in total.